The van der Waals surface area contributed by atoms with Gasteiger partial charge in [-0.05, 0) is 56.0 Å². The highest BCUT2D eigenvalue weighted by atomic mass is 19.1. The van der Waals surface area contributed by atoms with Gasteiger partial charge in [-0.1, -0.05) is 6.42 Å². The van der Waals surface area contributed by atoms with Crippen LogP contribution in [0.4, 0.5) is 4.39 Å². The van der Waals surface area contributed by atoms with Crippen LogP contribution in [0.2, 0.25) is 0 Å². The second-order valence-corrected chi connectivity index (χ2v) is 7.51. The number of benzene rings is 2. The average Bonchev–Trinajstić information content (AvgIpc) is 3.14. The molecule has 0 radical (unpaired) electrons. The van der Waals surface area contributed by atoms with E-state index in [4.69, 9.17) is 14.2 Å². The number of methoxy groups -OCH3 is 1. The molecule has 0 saturated heterocycles. The van der Waals surface area contributed by atoms with Gasteiger partial charge in [0.2, 0.25) is 5.88 Å². The van der Waals surface area contributed by atoms with E-state index in [1.54, 1.807) is 19.2 Å². The molecule has 0 bridgehead atoms. The van der Waals surface area contributed by atoms with Crippen molar-refractivity contribution in [2.45, 2.75) is 38.2 Å². The van der Waals surface area contributed by atoms with Gasteiger partial charge in [-0.2, -0.15) is 4.98 Å². The first-order chi connectivity index (χ1) is 14.7. The Bertz CT molecular complexity index is 1180. The molecule has 0 aliphatic heterocycles. The molecular weight excluding hydrogens is 385 g/mol. The van der Waals surface area contributed by atoms with Gasteiger partial charge in [0.1, 0.15) is 28.9 Å². The highest BCUT2D eigenvalue weighted by Crippen LogP contribution is 2.39. The molecule has 154 valence electrons. The molecule has 1 N–H and O–H groups in total. The van der Waals surface area contributed by atoms with Crippen LogP contribution in [-0.4, -0.2) is 28.2 Å². The molecule has 2 aromatic carbocycles. The highest BCUT2D eigenvalue weighted by molar-refractivity contribution is 6.07. The van der Waals surface area contributed by atoms with Crippen molar-refractivity contribution in [2.75, 3.05) is 7.11 Å². The van der Waals surface area contributed by atoms with Gasteiger partial charge in [0.15, 0.2) is 11.5 Å². The molecule has 2 heterocycles. The maximum absolute atomic E-state index is 13.2. The van der Waals surface area contributed by atoms with Crippen molar-refractivity contribution >= 4 is 21.9 Å². The number of nitrogens with zero attached hydrogens (tertiary/aromatic N) is 2. The number of hydrogen-bond donors (Lipinski definition) is 1. The first kappa shape index (κ1) is 18.7. The molecule has 2 aromatic heterocycles. The minimum atomic E-state index is -0.321. The van der Waals surface area contributed by atoms with E-state index in [0.717, 1.165) is 35.0 Å². The molecule has 1 aliphatic carbocycles. The summed E-state index contributed by atoms with van der Waals surface area (Å²) < 4.78 is 30.9. The van der Waals surface area contributed by atoms with Crippen molar-refractivity contribution in [2.24, 2.45) is 0 Å². The Hall–Kier alpha value is -3.35. The largest absolute Gasteiger partial charge is 0.493 e. The SMILES string of the molecule is COc1cc2[nH]c3c(Oc4ccc(F)cc4)ncnc3c2cc1OC1CCCCC1. The smallest absolute Gasteiger partial charge is 0.247 e. The number of halogens is 1. The number of ether oxygens (including phenoxy) is 3. The van der Waals surface area contributed by atoms with Crippen LogP contribution < -0.4 is 14.2 Å². The highest BCUT2D eigenvalue weighted by Gasteiger charge is 2.20. The number of aromatic amines is 1. The van der Waals surface area contributed by atoms with Crippen LogP contribution in [-0.2, 0) is 0 Å². The number of rotatable bonds is 5. The Labute approximate surface area is 173 Å². The van der Waals surface area contributed by atoms with Gasteiger partial charge in [0, 0.05) is 11.5 Å². The number of H-pyrrole nitrogens is 1. The summed E-state index contributed by atoms with van der Waals surface area (Å²) >= 11 is 0. The fourth-order valence-electron chi connectivity index (χ4n) is 3.99. The summed E-state index contributed by atoms with van der Waals surface area (Å²) in [5, 5.41) is 0.906. The molecule has 0 unspecified atom stereocenters. The molecule has 7 heteroatoms. The molecule has 1 fully saturated rings. The normalized spacial score (nSPS) is 14.9. The summed E-state index contributed by atoms with van der Waals surface area (Å²) in [6.45, 7) is 0. The van der Waals surface area contributed by atoms with Gasteiger partial charge in [-0.15, -0.1) is 0 Å². The summed E-state index contributed by atoms with van der Waals surface area (Å²) in [5.74, 6) is 1.94. The van der Waals surface area contributed by atoms with Crippen molar-refractivity contribution in [3.8, 4) is 23.1 Å². The summed E-state index contributed by atoms with van der Waals surface area (Å²) in [7, 11) is 1.64. The maximum atomic E-state index is 13.2. The number of nitrogens with one attached hydrogen (secondary N) is 1. The van der Waals surface area contributed by atoms with E-state index in [-0.39, 0.29) is 11.9 Å². The van der Waals surface area contributed by atoms with Crippen molar-refractivity contribution < 1.29 is 18.6 Å². The fraction of sp³-hybridized carbons (Fsp3) is 0.304. The van der Waals surface area contributed by atoms with Crippen molar-refractivity contribution in [1.82, 2.24) is 15.0 Å². The first-order valence-corrected chi connectivity index (χ1v) is 10.2. The van der Waals surface area contributed by atoms with E-state index in [1.807, 2.05) is 12.1 Å². The van der Waals surface area contributed by atoms with Gasteiger partial charge in [0.25, 0.3) is 0 Å². The molecular formula is C23H22FN3O3. The van der Waals surface area contributed by atoms with E-state index < -0.39 is 0 Å². The summed E-state index contributed by atoms with van der Waals surface area (Å²) in [6, 6.07) is 9.70. The van der Waals surface area contributed by atoms with Gasteiger partial charge < -0.3 is 19.2 Å². The van der Waals surface area contributed by atoms with Crippen LogP contribution in [0.5, 0.6) is 23.1 Å². The Morgan fingerprint density at radius 1 is 1.00 bits per heavy atom. The third kappa shape index (κ3) is 3.51. The van der Waals surface area contributed by atoms with Gasteiger partial charge in [-0.3, -0.25) is 0 Å². The number of aromatic nitrogens is 3. The van der Waals surface area contributed by atoms with Gasteiger partial charge in [0.05, 0.1) is 18.7 Å². The van der Waals surface area contributed by atoms with E-state index in [1.165, 1.54) is 37.7 Å². The molecule has 1 saturated carbocycles. The van der Waals surface area contributed by atoms with E-state index >= 15 is 0 Å². The molecule has 30 heavy (non-hydrogen) atoms. The van der Waals surface area contributed by atoms with Crippen molar-refractivity contribution in [1.29, 1.82) is 0 Å². The number of hydrogen-bond acceptors (Lipinski definition) is 5. The minimum Gasteiger partial charge on any atom is -0.493 e. The Morgan fingerprint density at radius 2 is 1.80 bits per heavy atom. The number of fused-ring (bicyclic) bond motifs is 3. The molecule has 4 aromatic rings. The second-order valence-electron chi connectivity index (χ2n) is 7.51. The van der Waals surface area contributed by atoms with E-state index in [0.29, 0.717) is 22.9 Å². The summed E-state index contributed by atoms with van der Waals surface area (Å²) in [6.07, 6.45) is 7.45. The standard InChI is InChI=1S/C23H22FN3O3/c1-28-19-12-18-17(11-20(19)29-15-5-3-2-4-6-15)21-22(27-18)23(26-13-25-21)30-16-9-7-14(24)8-10-16/h7-13,15,27H,2-6H2,1H3. The lowest BCUT2D eigenvalue weighted by Gasteiger charge is -2.24. The van der Waals surface area contributed by atoms with E-state index in [9.17, 15) is 4.39 Å². The zero-order chi connectivity index (χ0) is 20.5. The zero-order valence-corrected chi connectivity index (χ0v) is 16.7. The molecule has 0 atom stereocenters. The molecule has 5 rings (SSSR count). The third-order valence-corrected chi connectivity index (χ3v) is 5.51. The average molecular weight is 407 g/mol. The maximum Gasteiger partial charge on any atom is 0.247 e. The van der Waals surface area contributed by atoms with Crippen molar-refractivity contribution in [3.05, 3.63) is 48.5 Å². The molecule has 1 aliphatic rings. The fourth-order valence-corrected chi connectivity index (χ4v) is 3.99. The lowest BCUT2D eigenvalue weighted by atomic mass is 9.98. The summed E-state index contributed by atoms with van der Waals surface area (Å²) in [4.78, 5) is 12.0. The summed E-state index contributed by atoms with van der Waals surface area (Å²) in [5.41, 5.74) is 2.24. The second kappa shape index (κ2) is 7.82. The predicted molar refractivity (Wildman–Crippen MR) is 112 cm³/mol. The Kier molecular flexibility index (Phi) is 4.86. The van der Waals surface area contributed by atoms with Gasteiger partial charge in [-0.25, -0.2) is 9.37 Å². The lowest BCUT2D eigenvalue weighted by Crippen LogP contribution is -2.19. The molecule has 6 nitrogen and oxygen atoms in total. The van der Waals surface area contributed by atoms with Crippen LogP contribution in [0.15, 0.2) is 42.7 Å². The minimum absolute atomic E-state index is 0.210. The van der Waals surface area contributed by atoms with Crippen LogP contribution in [0.25, 0.3) is 21.9 Å². The monoisotopic (exact) mass is 407 g/mol. The van der Waals surface area contributed by atoms with Crippen LogP contribution in [0.3, 0.4) is 0 Å². The van der Waals surface area contributed by atoms with Crippen LogP contribution >= 0.6 is 0 Å². The lowest BCUT2D eigenvalue weighted by molar-refractivity contribution is 0.150. The topological polar surface area (TPSA) is 69.3 Å². The van der Waals surface area contributed by atoms with E-state index in [2.05, 4.69) is 15.0 Å². The third-order valence-electron chi connectivity index (χ3n) is 5.51. The molecule has 0 spiro atoms. The van der Waals surface area contributed by atoms with Crippen LogP contribution in [0.1, 0.15) is 32.1 Å². The van der Waals surface area contributed by atoms with Crippen molar-refractivity contribution in [3.63, 3.8) is 0 Å². The zero-order valence-electron chi connectivity index (χ0n) is 16.7. The van der Waals surface area contributed by atoms with Gasteiger partial charge >= 0.3 is 0 Å². The predicted octanol–water partition coefficient (Wildman–Crippen LogP) is 5.76. The molecule has 0 amide bonds. The van der Waals surface area contributed by atoms with Crippen LogP contribution in [0, 0.1) is 5.82 Å². The first-order valence-electron chi connectivity index (χ1n) is 10.2. The quantitative estimate of drug-likeness (QED) is 0.455. The Balaban J connectivity index is 1.55. The Morgan fingerprint density at radius 3 is 2.57 bits per heavy atom.